The van der Waals surface area contributed by atoms with Crippen molar-refractivity contribution in [3.8, 4) is 0 Å². The number of benzene rings is 2. The molecule has 28 heavy (non-hydrogen) atoms. The largest absolute Gasteiger partial charge is 0.278 e. The Morgan fingerprint density at radius 2 is 1.75 bits per heavy atom. The molecule has 2 aromatic carbocycles. The van der Waals surface area contributed by atoms with E-state index in [1.54, 1.807) is 48.0 Å². The van der Waals surface area contributed by atoms with Crippen LogP contribution in [-0.4, -0.2) is 18.4 Å². The van der Waals surface area contributed by atoms with Crippen LogP contribution < -0.4 is 4.72 Å². The second kappa shape index (κ2) is 7.54. The van der Waals surface area contributed by atoms with Crippen molar-refractivity contribution in [3.63, 3.8) is 0 Å². The second-order valence-electron chi connectivity index (χ2n) is 6.29. The SMILES string of the molecule is Cc1ccc(S(=O)(=O)Nc2ccccc2Sc2ncnc3c(C)csc23)cc1. The summed E-state index contributed by atoms with van der Waals surface area (Å²) in [6.45, 7) is 3.94. The van der Waals surface area contributed by atoms with Gasteiger partial charge in [-0.25, -0.2) is 18.4 Å². The first-order valence-corrected chi connectivity index (χ1v) is 11.7. The molecule has 0 radical (unpaired) electrons. The number of aryl methyl sites for hydroxylation is 2. The molecule has 4 aromatic rings. The third kappa shape index (κ3) is 3.76. The van der Waals surface area contributed by atoms with Crippen LogP contribution in [-0.2, 0) is 10.0 Å². The molecule has 0 aliphatic carbocycles. The van der Waals surface area contributed by atoms with Crippen molar-refractivity contribution >= 4 is 49.0 Å². The molecular weight excluding hydrogens is 410 g/mol. The first-order chi connectivity index (χ1) is 13.4. The number of hydrogen-bond acceptors (Lipinski definition) is 6. The number of rotatable bonds is 5. The highest BCUT2D eigenvalue weighted by Crippen LogP contribution is 2.38. The Hall–Kier alpha value is -2.42. The molecule has 8 heteroatoms. The Bertz CT molecular complexity index is 1250. The van der Waals surface area contributed by atoms with Gasteiger partial charge in [0.2, 0.25) is 0 Å². The third-order valence-electron chi connectivity index (χ3n) is 4.17. The molecule has 0 bridgehead atoms. The fourth-order valence-corrected chi connectivity index (χ4v) is 5.86. The minimum atomic E-state index is -3.68. The average Bonchev–Trinajstić information content (AvgIpc) is 3.06. The molecule has 0 saturated carbocycles. The number of para-hydroxylation sites is 1. The molecular formula is C20H17N3O2S3. The molecule has 0 unspecified atom stereocenters. The van der Waals surface area contributed by atoms with Crippen molar-refractivity contribution in [1.29, 1.82) is 0 Å². The van der Waals surface area contributed by atoms with E-state index in [4.69, 9.17) is 0 Å². The van der Waals surface area contributed by atoms with E-state index < -0.39 is 10.0 Å². The number of nitrogens with zero attached hydrogens (tertiary/aromatic N) is 2. The third-order valence-corrected chi connectivity index (χ3v) is 7.85. The van der Waals surface area contributed by atoms with E-state index in [0.29, 0.717) is 5.69 Å². The smallest absolute Gasteiger partial charge is 0.261 e. The van der Waals surface area contributed by atoms with Crippen molar-refractivity contribution in [2.45, 2.75) is 28.7 Å². The Kier molecular flexibility index (Phi) is 5.09. The van der Waals surface area contributed by atoms with E-state index in [1.807, 2.05) is 32.0 Å². The molecule has 5 nitrogen and oxygen atoms in total. The lowest BCUT2D eigenvalue weighted by Gasteiger charge is -2.12. The van der Waals surface area contributed by atoms with Gasteiger partial charge < -0.3 is 0 Å². The van der Waals surface area contributed by atoms with Crippen LogP contribution in [0.2, 0.25) is 0 Å². The van der Waals surface area contributed by atoms with E-state index in [2.05, 4.69) is 20.1 Å². The number of fused-ring (bicyclic) bond motifs is 1. The topological polar surface area (TPSA) is 72.0 Å². The van der Waals surface area contributed by atoms with Gasteiger partial charge in [0.15, 0.2) is 0 Å². The first-order valence-electron chi connectivity index (χ1n) is 8.49. The van der Waals surface area contributed by atoms with Gasteiger partial charge in [0.05, 0.1) is 20.8 Å². The van der Waals surface area contributed by atoms with Crippen LogP contribution in [0.5, 0.6) is 0 Å². The number of anilines is 1. The Morgan fingerprint density at radius 1 is 1.00 bits per heavy atom. The molecule has 0 atom stereocenters. The van der Waals surface area contributed by atoms with Gasteiger partial charge in [0, 0.05) is 4.90 Å². The monoisotopic (exact) mass is 427 g/mol. The minimum absolute atomic E-state index is 0.233. The molecule has 2 aromatic heterocycles. The molecule has 0 aliphatic rings. The van der Waals surface area contributed by atoms with E-state index >= 15 is 0 Å². The summed E-state index contributed by atoms with van der Waals surface area (Å²) in [5.41, 5.74) is 3.57. The predicted octanol–water partition coefficient (Wildman–Crippen LogP) is 5.26. The minimum Gasteiger partial charge on any atom is -0.278 e. The van der Waals surface area contributed by atoms with Gasteiger partial charge in [0.25, 0.3) is 10.0 Å². The standard InChI is InChI=1S/C20H17N3O2S3/c1-13-7-9-15(10-8-13)28(24,25)23-16-5-3-4-6-17(16)27-20-19-18(21-12-22-20)14(2)11-26-19/h3-12,23H,1-2H3. The maximum Gasteiger partial charge on any atom is 0.261 e. The lowest BCUT2D eigenvalue weighted by molar-refractivity contribution is 0.601. The first kappa shape index (κ1) is 18.9. The summed E-state index contributed by atoms with van der Waals surface area (Å²) in [5.74, 6) is 0. The highest BCUT2D eigenvalue weighted by Gasteiger charge is 2.17. The van der Waals surface area contributed by atoms with Crippen LogP contribution in [0.4, 0.5) is 5.69 Å². The highest BCUT2D eigenvalue weighted by atomic mass is 32.2. The predicted molar refractivity (Wildman–Crippen MR) is 115 cm³/mol. The summed E-state index contributed by atoms with van der Waals surface area (Å²) in [4.78, 5) is 9.77. The van der Waals surface area contributed by atoms with Gasteiger partial charge in [-0.05, 0) is 49.1 Å². The maximum absolute atomic E-state index is 12.8. The van der Waals surface area contributed by atoms with Crippen LogP contribution in [0.3, 0.4) is 0 Å². The maximum atomic E-state index is 12.8. The number of aromatic nitrogens is 2. The van der Waals surface area contributed by atoms with Crippen molar-refractivity contribution < 1.29 is 8.42 Å². The second-order valence-corrected chi connectivity index (χ2v) is 9.88. The molecule has 0 spiro atoms. The molecule has 4 rings (SSSR count). The lowest BCUT2D eigenvalue weighted by Crippen LogP contribution is -2.13. The fourth-order valence-electron chi connectivity index (χ4n) is 2.69. The zero-order valence-electron chi connectivity index (χ0n) is 15.2. The van der Waals surface area contributed by atoms with E-state index in [1.165, 1.54) is 11.8 Å². The van der Waals surface area contributed by atoms with E-state index in [0.717, 1.165) is 31.3 Å². The summed E-state index contributed by atoms with van der Waals surface area (Å²) in [6, 6.07) is 14.1. The summed E-state index contributed by atoms with van der Waals surface area (Å²) in [7, 11) is -3.68. The summed E-state index contributed by atoms with van der Waals surface area (Å²) in [5, 5.41) is 2.86. The normalized spacial score (nSPS) is 11.6. The zero-order chi connectivity index (χ0) is 19.7. The number of nitrogens with one attached hydrogen (secondary N) is 1. The average molecular weight is 428 g/mol. The van der Waals surface area contributed by atoms with Gasteiger partial charge in [0.1, 0.15) is 11.4 Å². The van der Waals surface area contributed by atoms with Crippen LogP contribution in [0.15, 0.2) is 75.1 Å². The fraction of sp³-hybridized carbons (Fsp3) is 0.100. The summed E-state index contributed by atoms with van der Waals surface area (Å²) >= 11 is 3.02. The van der Waals surface area contributed by atoms with Gasteiger partial charge in [-0.3, -0.25) is 4.72 Å². The number of hydrogen-bond donors (Lipinski definition) is 1. The molecule has 0 aliphatic heterocycles. The van der Waals surface area contributed by atoms with Gasteiger partial charge in [-0.15, -0.1) is 11.3 Å². The lowest BCUT2D eigenvalue weighted by atomic mass is 10.2. The van der Waals surface area contributed by atoms with Crippen LogP contribution >= 0.6 is 23.1 Å². The van der Waals surface area contributed by atoms with E-state index in [-0.39, 0.29) is 4.90 Å². The molecule has 0 fully saturated rings. The highest BCUT2D eigenvalue weighted by molar-refractivity contribution is 8.00. The van der Waals surface area contributed by atoms with Crippen LogP contribution in [0.1, 0.15) is 11.1 Å². The summed E-state index contributed by atoms with van der Waals surface area (Å²) in [6.07, 6.45) is 1.55. The van der Waals surface area contributed by atoms with Crippen LogP contribution in [0.25, 0.3) is 10.2 Å². The molecule has 1 N–H and O–H groups in total. The van der Waals surface area contributed by atoms with Crippen molar-refractivity contribution in [3.05, 3.63) is 71.4 Å². The van der Waals surface area contributed by atoms with Crippen molar-refractivity contribution in [1.82, 2.24) is 9.97 Å². The number of thiophene rings is 1. The summed E-state index contributed by atoms with van der Waals surface area (Å²) < 4.78 is 29.3. The van der Waals surface area contributed by atoms with Crippen LogP contribution in [0, 0.1) is 13.8 Å². The van der Waals surface area contributed by atoms with Crippen molar-refractivity contribution in [2.24, 2.45) is 0 Å². The molecule has 0 saturated heterocycles. The molecule has 0 amide bonds. The number of sulfonamides is 1. The van der Waals surface area contributed by atoms with Gasteiger partial charge in [-0.1, -0.05) is 41.6 Å². The van der Waals surface area contributed by atoms with E-state index in [9.17, 15) is 8.42 Å². The van der Waals surface area contributed by atoms with Crippen molar-refractivity contribution in [2.75, 3.05) is 4.72 Å². The van der Waals surface area contributed by atoms with Gasteiger partial charge in [-0.2, -0.15) is 0 Å². The Morgan fingerprint density at radius 3 is 2.54 bits per heavy atom. The Balaban J connectivity index is 1.68. The molecule has 142 valence electrons. The zero-order valence-corrected chi connectivity index (χ0v) is 17.7. The Labute approximate surface area is 171 Å². The quantitative estimate of drug-likeness (QED) is 0.440. The molecule has 2 heterocycles. The van der Waals surface area contributed by atoms with Gasteiger partial charge >= 0.3 is 0 Å².